The van der Waals surface area contributed by atoms with Gasteiger partial charge in [-0.15, -0.1) is 6.58 Å². The Labute approximate surface area is 157 Å². The van der Waals surface area contributed by atoms with Crippen molar-refractivity contribution in [3.63, 3.8) is 0 Å². The van der Waals surface area contributed by atoms with E-state index in [1.54, 1.807) is 30.8 Å². The highest BCUT2D eigenvalue weighted by molar-refractivity contribution is 7.99. The lowest BCUT2D eigenvalue weighted by atomic mass is 10.2. The third-order valence-electron chi connectivity index (χ3n) is 3.71. The molecule has 26 heavy (non-hydrogen) atoms. The Kier molecular flexibility index (Phi) is 6.20. The van der Waals surface area contributed by atoms with Gasteiger partial charge in [-0.05, 0) is 19.1 Å². The van der Waals surface area contributed by atoms with Gasteiger partial charge in [0, 0.05) is 21.9 Å². The zero-order valence-electron chi connectivity index (χ0n) is 14.6. The molecule has 1 N–H and O–H groups in total. The molecule has 6 heteroatoms. The van der Waals surface area contributed by atoms with E-state index >= 15 is 0 Å². The minimum Gasteiger partial charge on any atom is -0.486 e. The summed E-state index contributed by atoms with van der Waals surface area (Å²) >= 11 is 1.55. The van der Waals surface area contributed by atoms with Crippen LogP contribution in [-0.2, 0) is 9.53 Å². The van der Waals surface area contributed by atoms with Gasteiger partial charge < -0.3 is 19.5 Å². The van der Waals surface area contributed by atoms with Crippen molar-refractivity contribution < 1.29 is 19.0 Å². The quantitative estimate of drug-likeness (QED) is 0.742. The number of amides is 1. The first-order chi connectivity index (χ1) is 12.7. The summed E-state index contributed by atoms with van der Waals surface area (Å²) < 4.78 is 16.7. The molecule has 2 aromatic carbocycles. The van der Waals surface area contributed by atoms with Crippen LogP contribution in [0.4, 0.5) is 5.69 Å². The Balaban J connectivity index is 1.86. The van der Waals surface area contributed by atoms with Gasteiger partial charge in [-0.3, -0.25) is 4.79 Å². The zero-order chi connectivity index (χ0) is 18.4. The van der Waals surface area contributed by atoms with Gasteiger partial charge in [-0.2, -0.15) is 0 Å². The van der Waals surface area contributed by atoms with Crippen molar-refractivity contribution in [2.24, 2.45) is 0 Å². The third-order valence-corrected chi connectivity index (χ3v) is 4.77. The minimum atomic E-state index is -0.587. The molecule has 136 valence electrons. The van der Waals surface area contributed by atoms with Gasteiger partial charge in [0.05, 0.1) is 12.3 Å². The van der Waals surface area contributed by atoms with E-state index in [2.05, 4.69) is 11.9 Å². The molecular formula is C20H21NO4S. The second kappa shape index (κ2) is 8.78. The number of rotatable bonds is 7. The van der Waals surface area contributed by atoms with E-state index in [0.29, 0.717) is 37.0 Å². The Morgan fingerprint density at radius 3 is 2.65 bits per heavy atom. The average Bonchev–Trinajstić information content (AvgIpc) is 2.67. The summed E-state index contributed by atoms with van der Waals surface area (Å²) in [5.41, 5.74) is 0.669. The van der Waals surface area contributed by atoms with Crippen molar-refractivity contribution in [1.82, 2.24) is 0 Å². The summed E-state index contributed by atoms with van der Waals surface area (Å²) in [7, 11) is 0. The molecular weight excluding hydrogens is 350 g/mol. The van der Waals surface area contributed by atoms with Crippen molar-refractivity contribution in [2.75, 3.05) is 25.1 Å². The SMILES string of the molecule is C=CCOC(C)C(=O)Nc1cc2c(cc1Sc1ccccc1)OCCO2. The predicted molar refractivity (Wildman–Crippen MR) is 102 cm³/mol. The first-order valence-corrected chi connectivity index (χ1v) is 9.19. The summed E-state index contributed by atoms with van der Waals surface area (Å²) in [6.07, 6.45) is 1.03. The molecule has 2 aromatic rings. The molecule has 0 aromatic heterocycles. The summed E-state index contributed by atoms with van der Waals surface area (Å²) in [5, 5.41) is 2.93. The monoisotopic (exact) mass is 371 g/mol. The van der Waals surface area contributed by atoms with Crippen molar-refractivity contribution in [2.45, 2.75) is 22.8 Å². The van der Waals surface area contributed by atoms with E-state index in [9.17, 15) is 4.79 Å². The number of hydrogen-bond donors (Lipinski definition) is 1. The second-order valence-corrected chi connectivity index (χ2v) is 6.78. The van der Waals surface area contributed by atoms with Crippen LogP contribution in [0.25, 0.3) is 0 Å². The van der Waals surface area contributed by atoms with Gasteiger partial charge in [0.2, 0.25) is 0 Å². The number of hydrogen-bond acceptors (Lipinski definition) is 5. The Bertz CT molecular complexity index is 779. The van der Waals surface area contributed by atoms with E-state index in [4.69, 9.17) is 14.2 Å². The highest BCUT2D eigenvalue weighted by Crippen LogP contribution is 2.42. The molecule has 1 unspecified atom stereocenters. The van der Waals surface area contributed by atoms with Gasteiger partial charge in [0.15, 0.2) is 11.5 Å². The molecule has 0 radical (unpaired) electrons. The van der Waals surface area contributed by atoms with Crippen LogP contribution < -0.4 is 14.8 Å². The van der Waals surface area contributed by atoms with Gasteiger partial charge in [0.1, 0.15) is 19.3 Å². The van der Waals surface area contributed by atoms with Crippen LogP contribution in [0.3, 0.4) is 0 Å². The van der Waals surface area contributed by atoms with Crippen molar-refractivity contribution in [3.05, 3.63) is 55.1 Å². The standard InChI is InChI=1S/C20H21NO4S/c1-3-9-23-14(2)20(22)21-16-12-17-18(25-11-10-24-17)13-19(16)26-15-7-5-4-6-8-15/h3-8,12-14H,1,9-11H2,2H3,(H,21,22). The predicted octanol–water partition coefficient (Wildman–Crippen LogP) is 4.14. The molecule has 0 bridgehead atoms. The molecule has 0 saturated carbocycles. The van der Waals surface area contributed by atoms with Crippen molar-refractivity contribution in [3.8, 4) is 11.5 Å². The number of carbonyl (C=O) groups is 1. The zero-order valence-corrected chi connectivity index (χ0v) is 15.4. The summed E-state index contributed by atoms with van der Waals surface area (Å²) in [5.74, 6) is 1.09. The summed E-state index contributed by atoms with van der Waals surface area (Å²) in [6, 6.07) is 13.7. The first-order valence-electron chi connectivity index (χ1n) is 8.37. The summed E-state index contributed by atoms with van der Waals surface area (Å²) in [6.45, 7) is 6.63. The fraction of sp³-hybridized carbons (Fsp3) is 0.250. The number of ether oxygens (including phenoxy) is 3. The minimum absolute atomic E-state index is 0.224. The van der Waals surface area contributed by atoms with Crippen LogP contribution >= 0.6 is 11.8 Å². The van der Waals surface area contributed by atoms with Gasteiger partial charge in [-0.25, -0.2) is 0 Å². The Morgan fingerprint density at radius 2 is 1.96 bits per heavy atom. The lowest BCUT2D eigenvalue weighted by Gasteiger charge is -2.22. The van der Waals surface area contributed by atoms with Crippen LogP contribution in [0, 0.1) is 0 Å². The Hall–Kier alpha value is -2.44. The highest BCUT2D eigenvalue weighted by atomic mass is 32.2. The van der Waals surface area contributed by atoms with E-state index in [0.717, 1.165) is 9.79 Å². The maximum atomic E-state index is 12.4. The molecule has 1 heterocycles. The molecule has 5 nitrogen and oxygen atoms in total. The Morgan fingerprint density at radius 1 is 1.27 bits per heavy atom. The first kappa shape index (κ1) is 18.4. The maximum absolute atomic E-state index is 12.4. The van der Waals surface area contributed by atoms with Crippen LogP contribution in [-0.4, -0.2) is 31.8 Å². The molecule has 0 aliphatic carbocycles. The number of benzene rings is 2. The van der Waals surface area contributed by atoms with Crippen LogP contribution in [0.1, 0.15) is 6.92 Å². The number of anilines is 1. The molecule has 1 aliphatic rings. The molecule has 0 spiro atoms. The average molecular weight is 371 g/mol. The molecule has 1 aliphatic heterocycles. The fourth-order valence-corrected chi connectivity index (χ4v) is 3.32. The lowest BCUT2D eigenvalue weighted by Crippen LogP contribution is -2.28. The molecule has 1 amide bonds. The smallest absolute Gasteiger partial charge is 0.253 e. The summed E-state index contributed by atoms with van der Waals surface area (Å²) in [4.78, 5) is 14.4. The van der Waals surface area contributed by atoms with E-state index < -0.39 is 6.10 Å². The largest absolute Gasteiger partial charge is 0.486 e. The lowest BCUT2D eigenvalue weighted by molar-refractivity contribution is -0.125. The number of fused-ring (bicyclic) bond motifs is 1. The van der Waals surface area contributed by atoms with E-state index in [1.807, 2.05) is 36.4 Å². The topological polar surface area (TPSA) is 56.8 Å². The van der Waals surface area contributed by atoms with Crippen LogP contribution in [0.2, 0.25) is 0 Å². The van der Waals surface area contributed by atoms with E-state index in [1.165, 1.54) is 0 Å². The third kappa shape index (κ3) is 4.59. The van der Waals surface area contributed by atoms with E-state index in [-0.39, 0.29) is 5.91 Å². The molecule has 0 fully saturated rings. The molecule has 3 rings (SSSR count). The van der Waals surface area contributed by atoms with Gasteiger partial charge in [-0.1, -0.05) is 36.0 Å². The van der Waals surface area contributed by atoms with Gasteiger partial charge in [0.25, 0.3) is 5.91 Å². The number of carbonyl (C=O) groups excluding carboxylic acids is 1. The van der Waals surface area contributed by atoms with Crippen LogP contribution in [0.5, 0.6) is 11.5 Å². The van der Waals surface area contributed by atoms with Crippen molar-refractivity contribution in [1.29, 1.82) is 0 Å². The van der Waals surface area contributed by atoms with Gasteiger partial charge >= 0.3 is 0 Å². The fourth-order valence-electron chi connectivity index (χ4n) is 2.39. The van der Waals surface area contributed by atoms with Crippen LogP contribution in [0.15, 0.2) is 64.9 Å². The normalized spacial score (nSPS) is 13.7. The number of nitrogens with one attached hydrogen (secondary N) is 1. The highest BCUT2D eigenvalue weighted by Gasteiger charge is 2.20. The van der Waals surface area contributed by atoms with Crippen molar-refractivity contribution >= 4 is 23.4 Å². The molecule has 0 saturated heterocycles. The molecule has 1 atom stereocenters. The second-order valence-electron chi connectivity index (χ2n) is 5.66. The maximum Gasteiger partial charge on any atom is 0.253 e.